The fourth-order valence-electron chi connectivity index (χ4n) is 2.62. The molecule has 3 N–H and O–H groups in total. The van der Waals surface area contributed by atoms with Crippen LogP contribution >= 0.6 is 0 Å². The van der Waals surface area contributed by atoms with Crippen molar-refractivity contribution in [3.63, 3.8) is 0 Å². The first-order valence-electron chi connectivity index (χ1n) is 7.18. The van der Waals surface area contributed by atoms with Gasteiger partial charge in [-0.05, 0) is 17.9 Å². The van der Waals surface area contributed by atoms with Crippen molar-refractivity contribution >= 4 is 11.7 Å². The van der Waals surface area contributed by atoms with E-state index in [0.717, 1.165) is 23.3 Å². The molecule has 2 atom stereocenters. The van der Waals surface area contributed by atoms with Gasteiger partial charge in [-0.2, -0.15) is 0 Å². The van der Waals surface area contributed by atoms with Crippen LogP contribution < -0.4 is 10.5 Å². The first-order chi connectivity index (χ1) is 9.45. The molecular weight excluding hydrogens is 250 g/mol. The van der Waals surface area contributed by atoms with Gasteiger partial charge >= 0.3 is 0 Å². The predicted molar refractivity (Wildman–Crippen MR) is 82.7 cm³/mol. The molecule has 20 heavy (non-hydrogen) atoms. The summed E-state index contributed by atoms with van der Waals surface area (Å²) < 4.78 is 6.23. The molecule has 4 nitrogen and oxygen atoms in total. The van der Waals surface area contributed by atoms with E-state index in [2.05, 4.69) is 32.7 Å². The van der Waals surface area contributed by atoms with Crippen molar-refractivity contribution in [2.75, 3.05) is 0 Å². The summed E-state index contributed by atoms with van der Waals surface area (Å²) in [5.41, 5.74) is 7.45. The lowest BCUT2D eigenvalue weighted by Crippen LogP contribution is -2.31. The Morgan fingerprint density at radius 1 is 1.30 bits per heavy atom. The van der Waals surface area contributed by atoms with Gasteiger partial charge in [-0.15, -0.1) is 0 Å². The summed E-state index contributed by atoms with van der Waals surface area (Å²) in [6.45, 7) is 8.70. The smallest absolute Gasteiger partial charge is 0.155 e. The zero-order valence-corrected chi connectivity index (χ0v) is 12.6. The number of nitrogens with zero attached hydrogens (tertiary/aromatic N) is 1. The van der Waals surface area contributed by atoms with Gasteiger partial charge in [0.2, 0.25) is 0 Å². The number of rotatable bonds is 5. The number of amidine groups is 2. The van der Waals surface area contributed by atoms with Gasteiger partial charge in [-0.25, -0.2) is 4.99 Å². The highest BCUT2D eigenvalue weighted by atomic mass is 16.5. The molecule has 1 aliphatic heterocycles. The average Bonchev–Trinajstić information content (AvgIpc) is 2.71. The lowest BCUT2D eigenvalue weighted by Gasteiger charge is -2.28. The van der Waals surface area contributed by atoms with Gasteiger partial charge in [0.05, 0.1) is 5.56 Å². The summed E-state index contributed by atoms with van der Waals surface area (Å²) in [7, 11) is 0. The third-order valence-corrected chi connectivity index (χ3v) is 3.89. The van der Waals surface area contributed by atoms with Crippen molar-refractivity contribution < 1.29 is 4.74 Å². The minimum atomic E-state index is 0.133. The molecule has 4 heteroatoms. The quantitative estimate of drug-likeness (QED) is 0.865. The third kappa shape index (κ3) is 2.55. The number of hydrogen-bond donors (Lipinski definition) is 2. The Bertz CT molecular complexity index is 549. The van der Waals surface area contributed by atoms with E-state index in [4.69, 9.17) is 15.9 Å². The van der Waals surface area contributed by atoms with Crippen LogP contribution in [0.4, 0.5) is 0 Å². The van der Waals surface area contributed by atoms with Crippen molar-refractivity contribution in [3.05, 3.63) is 29.3 Å². The second-order valence-corrected chi connectivity index (χ2v) is 5.74. The molecule has 0 aliphatic carbocycles. The second-order valence-electron chi connectivity index (χ2n) is 5.74. The molecule has 0 saturated heterocycles. The van der Waals surface area contributed by atoms with E-state index in [9.17, 15) is 0 Å². The van der Waals surface area contributed by atoms with E-state index in [0.29, 0.717) is 17.7 Å². The molecule has 0 radical (unpaired) electrons. The number of aliphatic imine (C=N–C) groups is 1. The molecule has 108 valence electrons. The first kappa shape index (κ1) is 14.6. The molecule has 0 saturated carbocycles. The molecule has 0 fully saturated rings. The summed E-state index contributed by atoms with van der Waals surface area (Å²) >= 11 is 0. The first-order valence-corrected chi connectivity index (χ1v) is 7.18. The van der Waals surface area contributed by atoms with Crippen molar-refractivity contribution in [2.45, 2.75) is 40.2 Å². The Kier molecular flexibility index (Phi) is 4.12. The van der Waals surface area contributed by atoms with E-state index >= 15 is 0 Å². The van der Waals surface area contributed by atoms with Crippen molar-refractivity contribution in [1.82, 2.24) is 0 Å². The number of nitrogens with one attached hydrogen (secondary N) is 1. The topological polar surface area (TPSA) is 71.5 Å². The monoisotopic (exact) mass is 273 g/mol. The van der Waals surface area contributed by atoms with E-state index in [-0.39, 0.29) is 11.9 Å². The minimum absolute atomic E-state index is 0.133. The molecule has 1 aromatic rings. The van der Waals surface area contributed by atoms with Crippen molar-refractivity contribution in [3.8, 4) is 5.75 Å². The summed E-state index contributed by atoms with van der Waals surface area (Å²) in [5, 5.41) is 7.82. The summed E-state index contributed by atoms with van der Waals surface area (Å²) in [6.07, 6.45) is 1.20. The highest BCUT2D eigenvalue weighted by Gasteiger charge is 2.27. The average molecular weight is 273 g/mol. The van der Waals surface area contributed by atoms with Crippen LogP contribution in [-0.2, 0) is 0 Å². The lowest BCUT2D eigenvalue weighted by molar-refractivity contribution is 0.0948. The zero-order chi connectivity index (χ0) is 14.9. The SMILES string of the molecule is CCC(C)C(Oc1cccc2c1C(N)=NC2=N)C(C)C. The lowest BCUT2D eigenvalue weighted by atomic mass is 9.92. The Hall–Kier alpha value is -1.84. The van der Waals surface area contributed by atoms with Gasteiger partial charge in [0.25, 0.3) is 0 Å². The van der Waals surface area contributed by atoms with Crippen LogP contribution in [0.15, 0.2) is 23.2 Å². The molecule has 1 aromatic carbocycles. The van der Waals surface area contributed by atoms with E-state index < -0.39 is 0 Å². The van der Waals surface area contributed by atoms with Crippen LogP contribution in [0.2, 0.25) is 0 Å². The summed E-state index contributed by atoms with van der Waals surface area (Å²) in [5.74, 6) is 2.22. The summed E-state index contributed by atoms with van der Waals surface area (Å²) in [6, 6.07) is 5.67. The minimum Gasteiger partial charge on any atom is -0.489 e. The standard InChI is InChI=1S/C16H23N3O/c1-5-10(4)14(9(2)3)20-12-8-6-7-11-13(12)16(18)19-15(11)17/h6-10,14H,5H2,1-4H3,(H3,17,18,19). The van der Waals surface area contributed by atoms with E-state index in [1.54, 1.807) is 0 Å². The molecular formula is C16H23N3O. The van der Waals surface area contributed by atoms with Gasteiger partial charge in [-0.3, -0.25) is 5.41 Å². The Balaban J connectivity index is 2.35. The zero-order valence-electron chi connectivity index (χ0n) is 12.6. The molecule has 0 spiro atoms. The molecule has 0 aromatic heterocycles. The van der Waals surface area contributed by atoms with Gasteiger partial charge in [0.1, 0.15) is 17.7 Å². The van der Waals surface area contributed by atoms with Gasteiger partial charge in [0.15, 0.2) is 5.84 Å². The Labute approximate surface area is 120 Å². The third-order valence-electron chi connectivity index (χ3n) is 3.89. The maximum Gasteiger partial charge on any atom is 0.155 e. The van der Waals surface area contributed by atoms with Crippen LogP contribution in [0, 0.1) is 17.2 Å². The number of benzene rings is 1. The second kappa shape index (κ2) is 5.65. The maximum atomic E-state index is 7.82. The highest BCUT2D eigenvalue weighted by Crippen LogP contribution is 2.30. The molecule has 2 unspecified atom stereocenters. The molecule has 1 heterocycles. The van der Waals surface area contributed by atoms with E-state index in [1.807, 2.05) is 18.2 Å². The number of fused-ring (bicyclic) bond motifs is 1. The Morgan fingerprint density at radius 3 is 2.60 bits per heavy atom. The highest BCUT2D eigenvalue weighted by molar-refractivity contribution is 6.22. The fourth-order valence-corrected chi connectivity index (χ4v) is 2.62. The van der Waals surface area contributed by atoms with Crippen molar-refractivity contribution in [2.24, 2.45) is 22.6 Å². The molecule has 1 aliphatic rings. The summed E-state index contributed by atoms with van der Waals surface area (Å²) in [4.78, 5) is 4.03. The maximum absolute atomic E-state index is 7.82. The number of nitrogens with two attached hydrogens (primary N) is 1. The molecule has 2 rings (SSSR count). The normalized spacial score (nSPS) is 16.9. The predicted octanol–water partition coefficient (Wildman–Crippen LogP) is 3.18. The van der Waals surface area contributed by atoms with Crippen molar-refractivity contribution in [1.29, 1.82) is 5.41 Å². The van der Waals surface area contributed by atoms with Gasteiger partial charge in [-0.1, -0.05) is 46.2 Å². The van der Waals surface area contributed by atoms with Crippen LogP contribution in [0.3, 0.4) is 0 Å². The van der Waals surface area contributed by atoms with Gasteiger partial charge in [0, 0.05) is 5.56 Å². The van der Waals surface area contributed by atoms with Crippen LogP contribution in [-0.4, -0.2) is 17.8 Å². The largest absolute Gasteiger partial charge is 0.489 e. The Morgan fingerprint density at radius 2 is 2.00 bits per heavy atom. The molecule has 0 amide bonds. The number of hydrogen-bond acceptors (Lipinski definition) is 3. The van der Waals surface area contributed by atoms with Crippen LogP contribution in [0.5, 0.6) is 5.75 Å². The van der Waals surface area contributed by atoms with Gasteiger partial charge < -0.3 is 10.5 Å². The van der Waals surface area contributed by atoms with Crippen LogP contribution in [0.1, 0.15) is 45.2 Å². The van der Waals surface area contributed by atoms with Crippen LogP contribution in [0.25, 0.3) is 0 Å². The number of ether oxygens (including phenoxy) is 1. The fraction of sp³-hybridized carbons (Fsp3) is 0.500. The molecule has 0 bridgehead atoms. The van der Waals surface area contributed by atoms with E-state index in [1.165, 1.54) is 0 Å².